The Morgan fingerprint density at radius 1 is 0.862 bits per heavy atom. The fraction of sp³-hybridized carbons (Fsp3) is 0.364. The highest BCUT2D eigenvalue weighted by Gasteiger charge is 2.16. The maximum Gasteiger partial charge on any atom is 0.321 e. The monoisotopic (exact) mass is 416 g/mol. The van der Waals surface area contributed by atoms with E-state index in [2.05, 4.69) is 10.6 Å². The molecule has 2 aromatic carbocycles. The van der Waals surface area contributed by atoms with E-state index >= 15 is 0 Å². The average molecular weight is 417 g/mol. The zero-order valence-electron chi connectivity index (χ0n) is 16.5. The molecule has 1 aliphatic rings. The second kappa shape index (κ2) is 11.4. The van der Waals surface area contributed by atoms with Crippen molar-refractivity contribution in [1.29, 1.82) is 0 Å². The van der Waals surface area contributed by atoms with E-state index in [1.165, 1.54) is 12.8 Å². The summed E-state index contributed by atoms with van der Waals surface area (Å²) >= 11 is 0. The Labute approximate surface area is 178 Å². The number of anilines is 2. The Morgan fingerprint density at radius 2 is 1.41 bits per heavy atom. The van der Waals surface area contributed by atoms with Crippen LogP contribution in [0.15, 0.2) is 54.6 Å². The summed E-state index contributed by atoms with van der Waals surface area (Å²) in [5.41, 5.74) is 8.40. The Hall–Kier alpha value is -2.57. The molecule has 3 amide bonds. The lowest BCUT2D eigenvalue weighted by molar-refractivity contribution is -0.117. The van der Waals surface area contributed by atoms with Crippen molar-refractivity contribution in [1.82, 2.24) is 4.90 Å². The summed E-state index contributed by atoms with van der Waals surface area (Å²) in [6, 6.07) is 16.1. The van der Waals surface area contributed by atoms with Crippen LogP contribution in [0.3, 0.4) is 0 Å². The first-order valence-electron chi connectivity index (χ1n) is 9.88. The minimum absolute atomic E-state index is 0. The van der Waals surface area contributed by atoms with Crippen LogP contribution < -0.4 is 16.4 Å². The molecule has 1 heterocycles. The number of nitrogens with one attached hydrogen (secondary N) is 2. The number of rotatable bonds is 5. The number of amides is 3. The molecule has 1 saturated heterocycles. The highest BCUT2D eigenvalue weighted by Crippen LogP contribution is 2.16. The van der Waals surface area contributed by atoms with Gasteiger partial charge in [-0.05, 0) is 49.1 Å². The molecule has 6 nitrogen and oxygen atoms in total. The molecule has 29 heavy (non-hydrogen) atoms. The molecule has 0 radical (unpaired) electrons. The maximum absolute atomic E-state index is 12.4. The normalized spacial score (nSPS) is 14.9. The third-order valence-corrected chi connectivity index (χ3v) is 4.93. The molecule has 4 N–H and O–H groups in total. The van der Waals surface area contributed by atoms with Gasteiger partial charge in [-0.25, -0.2) is 4.79 Å². The van der Waals surface area contributed by atoms with E-state index in [0.29, 0.717) is 17.8 Å². The molecule has 156 valence electrons. The summed E-state index contributed by atoms with van der Waals surface area (Å²) in [5.74, 6) is -0.231. The van der Waals surface area contributed by atoms with E-state index < -0.39 is 6.04 Å². The number of likely N-dealkylation sites (tertiary alicyclic amines) is 1. The van der Waals surface area contributed by atoms with Crippen molar-refractivity contribution in [3.8, 4) is 0 Å². The van der Waals surface area contributed by atoms with Crippen molar-refractivity contribution in [3.05, 3.63) is 60.2 Å². The number of nitrogens with zero attached hydrogens (tertiary/aromatic N) is 1. The van der Waals surface area contributed by atoms with Crippen molar-refractivity contribution in [3.63, 3.8) is 0 Å². The van der Waals surface area contributed by atoms with Gasteiger partial charge in [-0.3, -0.25) is 4.79 Å². The van der Waals surface area contributed by atoms with Crippen LogP contribution in [0.5, 0.6) is 0 Å². The number of carbonyl (C=O) groups is 2. The van der Waals surface area contributed by atoms with Crippen LogP contribution >= 0.6 is 12.4 Å². The average Bonchev–Trinajstić information content (AvgIpc) is 3.00. The molecule has 0 saturated carbocycles. The van der Waals surface area contributed by atoms with Gasteiger partial charge in [-0.2, -0.15) is 0 Å². The number of halogens is 1. The summed E-state index contributed by atoms with van der Waals surface area (Å²) in [6.45, 7) is 1.61. The van der Waals surface area contributed by atoms with Crippen molar-refractivity contribution >= 4 is 35.7 Å². The standard InChI is InChI=1S/C22H28N4O2.ClH/c23-20(16-17-8-4-3-5-9-17)21(27)24-18-10-12-19(13-11-18)25-22(28)26-14-6-1-2-7-15-26;/h3-5,8-13,20H,1-2,6-7,14-16,23H2,(H,24,27)(H,25,28);1H/t20-;/m0./s1. The smallest absolute Gasteiger partial charge is 0.321 e. The first-order valence-corrected chi connectivity index (χ1v) is 9.88. The van der Waals surface area contributed by atoms with E-state index in [9.17, 15) is 9.59 Å². The highest BCUT2D eigenvalue weighted by molar-refractivity contribution is 5.95. The molecule has 1 fully saturated rings. The minimum Gasteiger partial charge on any atom is -0.325 e. The molecule has 0 unspecified atom stereocenters. The summed E-state index contributed by atoms with van der Waals surface area (Å²) in [6.07, 6.45) is 4.97. The summed E-state index contributed by atoms with van der Waals surface area (Å²) in [5, 5.41) is 5.75. The van der Waals surface area contributed by atoms with Crippen LogP contribution in [0, 0.1) is 0 Å². The molecular formula is C22H29ClN4O2. The predicted octanol–water partition coefficient (Wildman–Crippen LogP) is 4.02. The fourth-order valence-electron chi connectivity index (χ4n) is 3.31. The number of benzene rings is 2. The van der Waals surface area contributed by atoms with Crippen LogP contribution in [0.4, 0.5) is 16.2 Å². The van der Waals surface area contributed by atoms with Gasteiger partial charge >= 0.3 is 6.03 Å². The lowest BCUT2D eigenvalue weighted by Crippen LogP contribution is -2.37. The second-order valence-corrected chi connectivity index (χ2v) is 7.19. The Morgan fingerprint density at radius 3 is 2.00 bits per heavy atom. The third-order valence-electron chi connectivity index (χ3n) is 4.93. The van der Waals surface area contributed by atoms with Crippen LogP contribution in [0.1, 0.15) is 31.2 Å². The minimum atomic E-state index is -0.621. The number of hydrogen-bond donors (Lipinski definition) is 3. The maximum atomic E-state index is 12.4. The van der Waals surface area contributed by atoms with Gasteiger partial charge in [0.2, 0.25) is 5.91 Å². The quantitative estimate of drug-likeness (QED) is 0.687. The van der Waals surface area contributed by atoms with Crippen LogP contribution in [0.2, 0.25) is 0 Å². The lowest BCUT2D eigenvalue weighted by atomic mass is 10.1. The largest absolute Gasteiger partial charge is 0.325 e. The molecule has 1 atom stereocenters. The number of carbonyl (C=O) groups excluding carboxylic acids is 2. The number of hydrogen-bond acceptors (Lipinski definition) is 3. The van der Waals surface area contributed by atoms with Crippen molar-refractivity contribution in [2.45, 2.75) is 38.1 Å². The molecule has 7 heteroatoms. The topological polar surface area (TPSA) is 87.5 Å². The summed E-state index contributed by atoms with van der Waals surface area (Å²) in [4.78, 5) is 26.5. The molecule has 1 aliphatic heterocycles. The van der Waals surface area contributed by atoms with Crippen molar-refractivity contribution in [2.75, 3.05) is 23.7 Å². The van der Waals surface area contributed by atoms with Gasteiger partial charge in [0, 0.05) is 24.5 Å². The highest BCUT2D eigenvalue weighted by atomic mass is 35.5. The van der Waals surface area contributed by atoms with Crippen molar-refractivity contribution < 1.29 is 9.59 Å². The second-order valence-electron chi connectivity index (χ2n) is 7.19. The Balaban J connectivity index is 0.00000300. The molecule has 0 aromatic heterocycles. The van der Waals surface area contributed by atoms with Gasteiger partial charge in [-0.15, -0.1) is 12.4 Å². The SMILES string of the molecule is Cl.N[C@@H](Cc1ccccc1)C(=O)Nc1ccc(NC(=O)N2CCCCCC2)cc1. The first-order chi connectivity index (χ1) is 13.6. The van der Waals surface area contributed by atoms with Crippen LogP contribution in [-0.2, 0) is 11.2 Å². The first kappa shape index (κ1) is 22.7. The Bertz CT molecular complexity index is 775. The Kier molecular flexibility index (Phi) is 8.96. The zero-order chi connectivity index (χ0) is 19.8. The van der Waals surface area contributed by atoms with Crippen LogP contribution in [0.25, 0.3) is 0 Å². The van der Waals surface area contributed by atoms with Gasteiger partial charge < -0.3 is 21.3 Å². The molecule has 3 rings (SSSR count). The summed E-state index contributed by atoms with van der Waals surface area (Å²) in [7, 11) is 0. The molecule has 0 bridgehead atoms. The van der Waals surface area contributed by atoms with Gasteiger partial charge in [0.25, 0.3) is 0 Å². The summed E-state index contributed by atoms with van der Waals surface area (Å²) < 4.78 is 0. The molecule has 0 aliphatic carbocycles. The van der Waals surface area contributed by atoms with Gasteiger partial charge in [0.05, 0.1) is 6.04 Å². The van der Waals surface area contributed by atoms with Crippen molar-refractivity contribution in [2.24, 2.45) is 5.73 Å². The van der Waals surface area contributed by atoms with E-state index in [-0.39, 0.29) is 24.3 Å². The van der Waals surface area contributed by atoms with E-state index in [0.717, 1.165) is 31.5 Å². The van der Waals surface area contributed by atoms with Gasteiger partial charge in [-0.1, -0.05) is 43.2 Å². The third kappa shape index (κ3) is 7.07. The molecule has 0 spiro atoms. The zero-order valence-corrected chi connectivity index (χ0v) is 17.3. The van der Waals surface area contributed by atoms with Crippen LogP contribution in [-0.4, -0.2) is 36.0 Å². The number of nitrogens with two attached hydrogens (primary N) is 1. The number of urea groups is 1. The van der Waals surface area contributed by atoms with Gasteiger partial charge in [0.15, 0.2) is 0 Å². The molecule has 2 aromatic rings. The van der Waals surface area contributed by atoms with E-state index in [4.69, 9.17) is 5.73 Å². The van der Waals surface area contributed by atoms with E-state index in [1.807, 2.05) is 35.2 Å². The molecular weight excluding hydrogens is 388 g/mol. The fourth-order valence-corrected chi connectivity index (χ4v) is 3.31. The van der Waals surface area contributed by atoms with E-state index in [1.54, 1.807) is 24.3 Å². The van der Waals surface area contributed by atoms with Gasteiger partial charge in [0.1, 0.15) is 0 Å². The lowest BCUT2D eigenvalue weighted by Gasteiger charge is -2.21. The predicted molar refractivity (Wildman–Crippen MR) is 120 cm³/mol.